The minimum atomic E-state index is -2.01. The second-order valence-electron chi connectivity index (χ2n) is 8.34. The predicted octanol–water partition coefficient (Wildman–Crippen LogP) is 5.18. The molecule has 0 aliphatic heterocycles. The Bertz CT molecular complexity index is 907. The molecule has 2 aromatic carbocycles. The quantitative estimate of drug-likeness (QED) is 0.416. The van der Waals surface area contributed by atoms with Gasteiger partial charge in [-0.3, -0.25) is 0 Å². The summed E-state index contributed by atoms with van der Waals surface area (Å²) in [7, 11) is 2.19. The third-order valence-electron chi connectivity index (χ3n) is 5.30. The molecule has 1 nitrogen and oxygen atoms in total. The maximum absolute atomic E-state index is 2.49. The molecule has 1 atom stereocenters. The summed E-state index contributed by atoms with van der Waals surface area (Å²) in [4.78, 5) is 0. The average molecular weight is 405 g/mol. The third-order valence-corrected chi connectivity index (χ3v) is 9.57. The number of nitrogens with zero attached hydrogens (tertiary/aromatic N) is 1. The van der Waals surface area contributed by atoms with Crippen molar-refractivity contribution >= 4 is 17.7 Å². The van der Waals surface area contributed by atoms with Gasteiger partial charge in [0.2, 0.25) is 0 Å². The molecule has 3 aromatic rings. The Kier molecular flexibility index (Phi) is 5.38. The molecule has 0 aliphatic rings. The van der Waals surface area contributed by atoms with Gasteiger partial charge in [0.15, 0.2) is 0 Å². The van der Waals surface area contributed by atoms with Crippen molar-refractivity contribution in [1.82, 2.24) is 0 Å². The summed E-state index contributed by atoms with van der Waals surface area (Å²) in [5.74, 6) is 7.87. The number of pyridine rings is 1. The van der Waals surface area contributed by atoms with Crippen LogP contribution in [0.2, 0.25) is 17.3 Å². The van der Waals surface area contributed by atoms with Crippen molar-refractivity contribution in [3.63, 3.8) is 0 Å². The molecule has 1 unspecified atom stereocenters. The molecule has 0 radical (unpaired) electrons. The zero-order chi connectivity index (χ0) is 18.9. The van der Waals surface area contributed by atoms with Gasteiger partial charge >= 0.3 is 161 Å². The first-order chi connectivity index (χ1) is 12.3. The van der Waals surface area contributed by atoms with Crippen LogP contribution in [0.15, 0.2) is 66.9 Å². The van der Waals surface area contributed by atoms with Gasteiger partial charge in [-0.05, 0) is 0 Å². The summed E-state index contributed by atoms with van der Waals surface area (Å²) in [6.45, 7) is 4.55. The Hall–Kier alpha value is -1.87. The molecular formula is C24H30GeN+. The first-order valence-electron chi connectivity index (χ1n) is 9.44. The van der Waals surface area contributed by atoms with E-state index in [4.69, 9.17) is 0 Å². The van der Waals surface area contributed by atoms with Gasteiger partial charge in [-0.2, -0.15) is 0 Å². The summed E-state index contributed by atoms with van der Waals surface area (Å²) in [6, 6.07) is 22.0. The SMILES string of the molecule is Cc1ccccc1-c1cc(C(C)c2ccccc2)[c]([Ge]([CH3])([CH3])[CH3])c[n+]1C. The van der Waals surface area contributed by atoms with Gasteiger partial charge in [0.25, 0.3) is 0 Å². The van der Waals surface area contributed by atoms with Crippen molar-refractivity contribution in [1.29, 1.82) is 0 Å². The van der Waals surface area contributed by atoms with E-state index < -0.39 is 13.3 Å². The van der Waals surface area contributed by atoms with Gasteiger partial charge in [-0.15, -0.1) is 0 Å². The van der Waals surface area contributed by atoms with E-state index in [1.165, 1.54) is 27.9 Å². The molecule has 134 valence electrons. The third kappa shape index (κ3) is 3.78. The van der Waals surface area contributed by atoms with E-state index in [1.54, 1.807) is 4.40 Å². The summed E-state index contributed by atoms with van der Waals surface area (Å²) in [5, 5.41) is 0. The second-order valence-corrected chi connectivity index (χ2v) is 18.9. The van der Waals surface area contributed by atoms with Gasteiger partial charge in [-0.25, -0.2) is 0 Å². The maximum atomic E-state index is 2.49. The van der Waals surface area contributed by atoms with Crippen LogP contribution in [0, 0.1) is 6.92 Å². The fraction of sp³-hybridized carbons (Fsp3) is 0.292. The molecule has 0 fully saturated rings. The van der Waals surface area contributed by atoms with Gasteiger partial charge in [0.05, 0.1) is 0 Å². The fourth-order valence-corrected chi connectivity index (χ4v) is 7.34. The van der Waals surface area contributed by atoms with Crippen LogP contribution in [0.3, 0.4) is 0 Å². The van der Waals surface area contributed by atoms with Gasteiger partial charge in [-0.1, -0.05) is 0 Å². The Morgan fingerprint density at radius 1 is 0.885 bits per heavy atom. The Morgan fingerprint density at radius 2 is 1.50 bits per heavy atom. The zero-order valence-corrected chi connectivity index (χ0v) is 19.0. The van der Waals surface area contributed by atoms with Crippen LogP contribution >= 0.6 is 0 Å². The van der Waals surface area contributed by atoms with Crippen LogP contribution in [0.1, 0.15) is 29.5 Å². The topological polar surface area (TPSA) is 3.88 Å². The van der Waals surface area contributed by atoms with E-state index in [-0.39, 0.29) is 0 Å². The summed E-state index contributed by atoms with van der Waals surface area (Å²) in [6.07, 6.45) is 2.41. The van der Waals surface area contributed by atoms with Gasteiger partial charge in [0, 0.05) is 0 Å². The van der Waals surface area contributed by atoms with Crippen molar-refractivity contribution in [2.75, 3.05) is 0 Å². The molecule has 2 heteroatoms. The zero-order valence-electron chi connectivity index (χ0n) is 16.9. The van der Waals surface area contributed by atoms with Gasteiger partial charge < -0.3 is 0 Å². The van der Waals surface area contributed by atoms with Gasteiger partial charge in [0.1, 0.15) is 0 Å². The standard InChI is InChI=1S/C24H30GeN/c1-18-12-10-11-15-21(18)24-16-22(19(2)20-13-8-7-9-14-20)23(17-26(24)6)25(3,4)5/h7-17,19H,1-6H3/q+1. The summed E-state index contributed by atoms with van der Waals surface area (Å²) < 4.78 is 3.93. The van der Waals surface area contributed by atoms with Crippen LogP contribution in [0.4, 0.5) is 0 Å². The summed E-state index contributed by atoms with van der Waals surface area (Å²) >= 11 is -2.01. The predicted molar refractivity (Wildman–Crippen MR) is 115 cm³/mol. The van der Waals surface area contributed by atoms with Crippen LogP contribution in [0.25, 0.3) is 11.3 Å². The first-order valence-corrected chi connectivity index (χ1v) is 16.8. The Balaban J connectivity index is 2.24. The molecule has 26 heavy (non-hydrogen) atoms. The molecule has 1 heterocycles. The molecule has 3 rings (SSSR count). The molecule has 0 amide bonds. The molecule has 1 aromatic heterocycles. The van der Waals surface area contributed by atoms with E-state index in [2.05, 4.69) is 110 Å². The van der Waals surface area contributed by atoms with Crippen LogP contribution in [-0.4, -0.2) is 13.3 Å². The first kappa shape index (κ1) is 18.9. The molecule has 0 bridgehead atoms. The average Bonchev–Trinajstić information content (AvgIpc) is 2.61. The molecule has 0 aliphatic carbocycles. The molecular weight excluding hydrogens is 375 g/mol. The molecule has 0 N–H and O–H groups in total. The van der Waals surface area contributed by atoms with Crippen LogP contribution in [-0.2, 0) is 7.05 Å². The van der Waals surface area contributed by atoms with Crippen molar-refractivity contribution in [2.24, 2.45) is 7.05 Å². The minimum absolute atomic E-state index is 0.403. The van der Waals surface area contributed by atoms with Crippen molar-refractivity contribution in [3.05, 3.63) is 83.6 Å². The van der Waals surface area contributed by atoms with E-state index in [1.807, 2.05) is 0 Å². The van der Waals surface area contributed by atoms with Crippen LogP contribution in [0.5, 0.6) is 0 Å². The Labute approximate surface area is 161 Å². The number of hydrogen-bond acceptors (Lipinski definition) is 0. The number of aryl methyl sites for hydroxylation is 2. The van der Waals surface area contributed by atoms with E-state index in [9.17, 15) is 0 Å². The monoisotopic (exact) mass is 406 g/mol. The number of aromatic nitrogens is 1. The normalized spacial score (nSPS) is 12.8. The second kappa shape index (κ2) is 7.40. The van der Waals surface area contributed by atoms with Crippen molar-refractivity contribution < 1.29 is 4.57 Å². The molecule has 0 saturated carbocycles. The van der Waals surface area contributed by atoms with Crippen LogP contribution < -0.4 is 8.96 Å². The fourth-order valence-electron chi connectivity index (χ4n) is 3.70. The Morgan fingerprint density at radius 3 is 2.12 bits per heavy atom. The van der Waals surface area contributed by atoms with E-state index in [0.29, 0.717) is 5.92 Å². The summed E-state index contributed by atoms with van der Waals surface area (Å²) in [5.41, 5.74) is 6.84. The van der Waals surface area contributed by atoms with E-state index in [0.717, 1.165) is 0 Å². The number of hydrogen-bond donors (Lipinski definition) is 0. The number of rotatable bonds is 4. The number of benzene rings is 2. The molecule has 0 saturated heterocycles. The van der Waals surface area contributed by atoms with E-state index >= 15 is 0 Å². The van der Waals surface area contributed by atoms with Crippen molar-refractivity contribution in [2.45, 2.75) is 37.0 Å². The molecule has 0 spiro atoms. The van der Waals surface area contributed by atoms with Crippen molar-refractivity contribution in [3.8, 4) is 11.3 Å².